The van der Waals surface area contributed by atoms with E-state index in [9.17, 15) is 19.5 Å². The van der Waals surface area contributed by atoms with E-state index in [4.69, 9.17) is 4.74 Å². The third-order valence-electron chi connectivity index (χ3n) is 7.75. The lowest BCUT2D eigenvalue weighted by Crippen LogP contribution is -2.58. The van der Waals surface area contributed by atoms with Crippen LogP contribution in [0.3, 0.4) is 0 Å². The van der Waals surface area contributed by atoms with Gasteiger partial charge in [0, 0.05) is 43.7 Å². The molecule has 36 heavy (non-hydrogen) atoms. The van der Waals surface area contributed by atoms with Gasteiger partial charge in [0.25, 0.3) is 0 Å². The number of aliphatic hydroxyl groups excluding tert-OH is 1. The van der Waals surface area contributed by atoms with Crippen molar-refractivity contribution in [3.63, 3.8) is 0 Å². The van der Waals surface area contributed by atoms with Gasteiger partial charge in [-0.1, -0.05) is 35.0 Å². The number of halogens is 1. The van der Waals surface area contributed by atoms with Gasteiger partial charge >= 0.3 is 0 Å². The standard InChI is InChI=1S/C27H42BrN3O5/c1-6-12-29(13-7-2)24(33)20-21-25(34)31(15-10-9-11-16-32)23(26(35)30(14-8-3)18(4)5)27(21)17-19(28)22(20)36-27/h6,8,18-23,32H,1,3,7,9-17H2,2,4-5H3/t19?,20-,21+,22-,23?,27?/m1/s1. The fourth-order valence-corrected chi connectivity index (χ4v) is 7.22. The Kier molecular flexibility index (Phi) is 9.80. The van der Waals surface area contributed by atoms with Crippen LogP contribution in [0, 0.1) is 11.8 Å². The van der Waals surface area contributed by atoms with Crippen molar-refractivity contribution in [3.8, 4) is 0 Å². The summed E-state index contributed by atoms with van der Waals surface area (Å²) < 4.78 is 6.61. The van der Waals surface area contributed by atoms with Crippen LogP contribution in [0.5, 0.6) is 0 Å². The number of unbranched alkanes of at least 4 members (excludes halogenated alkanes) is 2. The number of fused-ring (bicyclic) bond motifs is 1. The molecule has 3 fully saturated rings. The van der Waals surface area contributed by atoms with E-state index < -0.39 is 29.6 Å². The molecule has 0 aliphatic carbocycles. The molecule has 0 aromatic carbocycles. The number of amides is 3. The van der Waals surface area contributed by atoms with Crippen LogP contribution in [0.25, 0.3) is 0 Å². The Hall–Kier alpha value is -1.71. The summed E-state index contributed by atoms with van der Waals surface area (Å²) in [4.78, 5) is 47.0. The molecule has 0 radical (unpaired) electrons. The van der Waals surface area contributed by atoms with E-state index in [1.165, 1.54) is 0 Å². The van der Waals surface area contributed by atoms with Gasteiger partial charge in [0.2, 0.25) is 17.7 Å². The Labute approximate surface area is 223 Å². The fraction of sp³-hybridized carbons (Fsp3) is 0.741. The molecule has 202 valence electrons. The molecule has 3 aliphatic heterocycles. The number of alkyl halides is 1. The molecule has 3 aliphatic rings. The summed E-state index contributed by atoms with van der Waals surface area (Å²) in [5, 5.41) is 9.20. The van der Waals surface area contributed by atoms with Gasteiger partial charge < -0.3 is 24.5 Å². The van der Waals surface area contributed by atoms with Crippen LogP contribution in [-0.4, -0.2) is 98.9 Å². The number of carbonyl (C=O) groups excluding carboxylic acids is 3. The van der Waals surface area contributed by atoms with Gasteiger partial charge in [-0.05, 0) is 46.0 Å². The van der Waals surface area contributed by atoms with Gasteiger partial charge in [0.15, 0.2) is 0 Å². The first-order valence-corrected chi connectivity index (χ1v) is 14.2. The zero-order valence-corrected chi connectivity index (χ0v) is 23.5. The number of nitrogens with zero attached hydrogens (tertiary/aromatic N) is 3. The van der Waals surface area contributed by atoms with E-state index in [2.05, 4.69) is 29.1 Å². The Morgan fingerprint density at radius 1 is 1.22 bits per heavy atom. The molecular formula is C27H42BrN3O5. The summed E-state index contributed by atoms with van der Waals surface area (Å²) in [5.41, 5.74) is -1.05. The lowest BCUT2D eigenvalue weighted by Gasteiger charge is -2.38. The molecule has 3 heterocycles. The van der Waals surface area contributed by atoms with Crippen LogP contribution in [0.2, 0.25) is 0 Å². The topological polar surface area (TPSA) is 90.4 Å². The second-order valence-corrected chi connectivity index (χ2v) is 11.6. The third kappa shape index (κ3) is 5.03. The number of rotatable bonds is 14. The van der Waals surface area contributed by atoms with Crippen LogP contribution >= 0.6 is 15.9 Å². The maximum absolute atomic E-state index is 14.1. The highest BCUT2D eigenvalue weighted by Crippen LogP contribution is 2.60. The van der Waals surface area contributed by atoms with Crippen LogP contribution in [0.4, 0.5) is 0 Å². The molecule has 1 spiro atoms. The molecule has 9 heteroatoms. The van der Waals surface area contributed by atoms with Crippen molar-refractivity contribution in [1.82, 2.24) is 14.7 Å². The van der Waals surface area contributed by atoms with Crippen molar-refractivity contribution in [2.45, 2.75) is 81.5 Å². The van der Waals surface area contributed by atoms with Gasteiger partial charge in [0.05, 0.1) is 17.9 Å². The predicted octanol–water partition coefficient (Wildman–Crippen LogP) is 2.74. The van der Waals surface area contributed by atoms with Gasteiger partial charge in [-0.15, -0.1) is 13.2 Å². The van der Waals surface area contributed by atoms with Crippen molar-refractivity contribution in [1.29, 1.82) is 0 Å². The maximum atomic E-state index is 14.1. The van der Waals surface area contributed by atoms with Crippen molar-refractivity contribution in [2.75, 3.05) is 32.8 Å². The zero-order chi connectivity index (χ0) is 26.6. The van der Waals surface area contributed by atoms with Crippen molar-refractivity contribution in [2.24, 2.45) is 11.8 Å². The zero-order valence-electron chi connectivity index (χ0n) is 21.9. The number of aliphatic hydroxyl groups is 1. The Morgan fingerprint density at radius 2 is 1.92 bits per heavy atom. The SMILES string of the molecule is C=CCN(CCC)C(=O)[C@H]1[C@@H]2OC3(CC2Br)C(C(=O)N(CC=C)C(C)C)N(CCCCCO)C(=O)[C@H]13. The molecule has 3 amide bonds. The summed E-state index contributed by atoms with van der Waals surface area (Å²) in [6, 6.07) is -0.880. The average molecular weight is 569 g/mol. The van der Waals surface area contributed by atoms with Crippen LogP contribution in [0.1, 0.15) is 52.9 Å². The molecule has 0 aromatic heterocycles. The van der Waals surface area contributed by atoms with E-state index >= 15 is 0 Å². The summed E-state index contributed by atoms with van der Waals surface area (Å²) in [7, 11) is 0. The summed E-state index contributed by atoms with van der Waals surface area (Å²) in [5.74, 6) is -1.78. The minimum Gasteiger partial charge on any atom is -0.396 e. The van der Waals surface area contributed by atoms with Crippen molar-refractivity contribution >= 4 is 33.7 Å². The molecule has 1 N–H and O–H groups in total. The molecule has 6 atom stereocenters. The van der Waals surface area contributed by atoms with E-state index in [-0.39, 0.29) is 35.2 Å². The molecule has 8 nitrogen and oxygen atoms in total. The van der Waals surface area contributed by atoms with Crippen LogP contribution in [-0.2, 0) is 19.1 Å². The number of hydrogen-bond acceptors (Lipinski definition) is 5. The molecule has 3 rings (SSSR count). The first kappa shape index (κ1) is 28.9. The van der Waals surface area contributed by atoms with E-state index in [1.54, 1.807) is 26.9 Å². The second-order valence-electron chi connectivity index (χ2n) is 10.4. The summed E-state index contributed by atoms with van der Waals surface area (Å²) in [6.45, 7) is 15.3. The first-order valence-electron chi connectivity index (χ1n) is 13.2. The third-order valence-corrected chi connectivity index (χ3v) is 8.60. The average Bonchev–Trinajstić information content (AvgIpc) is 3.42. The minimum atomic E-state index is -1.05. The van der Waals surface area contributed by atoms with E-state index in [1.807, 2.05) is 20.8 Å². The van der Waals surface area contributed by atoms with Gasteiger partial charge in [-0.2, -0.15) is 0 Å². The van der Waals surface area contributed by atoms with Gasteiger partial charge in [-0.3, -0.25) is 14.4 Å². The Balaban J connectivity index is 2.03. The molecule has 3 saturated heterocycles. The maximum Gasteiger partial charge on any atom is 0.248 e. The molecular weight excluding hydrogens is 526 g/mol. The quantitative estimate of drug-likeness (QED) is 0.198. The predicted molar refractivity (Wildman–Crippen MR) is 142 cm³/mol. The van der Waals surface area contributed by atoms with E-state index in [0.29, 0.717) is 45.4 Å². The molecule has 0 aromatic rings. The highest BCUT2D eigenvalue weighted by Gasteiger charge is 2.76. The van der Waals surface area contributed by atoms with E-state index in [0.717, 1.165) is 12.8 Å². The Bertz CT molecular complexity index is 851. The minimum absolute atomic E-state index is 0.0827. The second kappa shape index (κ2) is 12.2. The smallest absolute Gasteiger partial charge is 0.248 e. The van der Waals surface area contributed by atoms with Gasteiger partial charge in [0.1, 0.15) is 11.6 Å². The molecule has 0 saturated carbocycles. The number of likely N-dealkylation sites (tertiary alicyclic amines) is 1. The highest BCUT2D eigenvalue weighted by molar-refractivity contribution is 9.09. The molecule has 3 unspecified atom stereocenters. The lowest BCUT2D eigenvalue weighted by atomic mass is 9.70. The summed E-state index contributed by atoms with van der Waals surface area (Å²) in [6.07, 6.45) is 6.28. The first-order chi connectivity index (χ1) is 17.2. The largest absolute Gasteiger partial charge is 0.396 e. The monoisotopic (exact) mass is 567 g/mol. The van der Waals surface area contributed by atoms with Crippen LogP contribution < -0.4 is 0 Å². The van der Waals surface area contributed by atoms with Crippen molar-refractivity contribution < 1.29 is 24.2 Å². The van der Waals surface area contributed by atoms with Gasteiger partial charge in [-0.25, -0.2) is 0 Å². The molecule has 2 bridgehead atoms. The normalized spacial score (nSPS) is 30.6. The Morgan fingerprint density at radius 3 is 2.50 bits per heavy atom. The lowest BCUT2D eigenvalue weighted by molar-refractivity contribution is -0.149. The summed E-state index contributed by atoms with van der Waals surface area (Å²) >= 11 is 3.73. The number of ether oxygens (including phenoxy) is 1. The van der Waals surface area contributed by atoms with Crippen molar-refractivity contribution in [3.05, 3.63) is 25.3 Å². The fourth-order valence-electron chi connectivity index (χ4n) is 6.28. The number of hydrogen-bond donors (Lipinski definition) is 1. The van der Waals surface area contributed by atoms with Crippen LogP contribution in [0.15, 0.2) is 25.3 Å². The highest BCUT2D eigenvalue weighted by atomic mass is 79.9. The number of carbonyl (C=O) groups is 3.